The first-order valence-corrected chi connectivity index (χ1v) is 10.1. The number of para-hydroxylation sites is 1. The molecule has 29 heavy (non-hydrogen) atoms. The highest BCUT2D eigenvalue weighted by molar-refractivity contribution is 5.66. The summed E-state index contributed by atoms with van der Waals surface area (Å²) >= 11 is 0. The van der Waals surface area contributed by atoms with Crippen LogP contribution in [-0.4, -0.2) is 23.1 Å². The van der Waals surface area contributed by atoms with Crippen molar-refractivity contribution in [2.24, 2.45) is 5.92 Å². The second kappa shape index (κ2) is 8.74. The molecular formula is C24H25N5. The minimum absolute atomic E-state index is 0.604. The van der Waals surface area contributed by atoms with Crippen LogP contribution in [0.25, 0.3) is 0 Å². The van der Waals surface area contributed by atoms with Crippen molar-refractivity contribution in [1.82, 2.24) is 9.97 Å². The molecule has 5 heteroatoms. The first-order chi connectivity index (χ1) is 14.2. The van der Waals surface area contributed by atoms with E-state index in [1.165, 1.54) is 5.56 Å². The highest BCUT2D eigenvalue weighted by Crippen LogP contribution is 2.27. The maximum Gasteiger partial charge on any atom is 0.136 e. The number of anilines is 3. The van der Waals surface area contributed by atoms with Gasteiger partial charge in [0.15, 0.2) is 0 Å². The summed E-state index contributed by atoms with van der Waals surface area (Å²) in [6.07, 6.45) is 3.48. The molecule has 146 valence electrons. The van der Waals surface area contributed by atoms with Crippen molar-refractivity contribution in [3.63, 3.8) is 0 Å². The number of nitriles is 1. The van der Waals surface area contributed by atoms with E-state index in [0.717, 1.165) is 61.4 Å². The molecule has 0 spiro atoms. The van der Waals surface area contributed by atoms with E-state index in [1.807, 2.05) is 31.2 Å². The van der Waals surface area contributed by atoms with Crippen molar-refractivity contribution in [2.75, 3.05) is 23.3 Å². The molecule has 0 amide bonds. The summed E-state index contributed by atoms with van der Waals surface area (Å²) in [5.74, 6) is 3.12. The number of piperidine rings is 1. The van der Waals surface area contributed by atoms with Crippen molar-refractivity contribution in [3.05, 3.63) is 77.6 Å². The average Bonchev–Trinajstić information content (AvgIpc) is 2.75. The van der Waals surface area contributed by atoms with Crippen LogP contribution in [-0.2, 0) is 6.42 Å². The number of aryl methyl sites for hydroxylation is 1. The molecule has 5 nitrogen and oxygen atoms in total. The van der Waals surface area contributed by atoms with E-state index in [9.17, 15) is 5.26 Å². The van der Waals surface area contributed by atoms with E-state index in [2.05, 4.69) is 56.6 Å². The van der Waals surface area contributed by atoms with Gasteiger partial charge in [0.05, 0.1) is 11.3 Å². The van der Waals surface area contributed by atoms with E-state index < -0.39 is 0 Å². The Morgan fingerprint density at radius 3 is 2.52 bits per heavy atom. The lowest BCUT2D eigenvalue weighted by atomic mass is 9.90. The van der Waals surface area contributed by atoms with Crippen LogP contribution < -0.4 is 10.2 Å². The van der Waals surface area contributed by atoms with Gasteiger partial charge in [0, 0.05) is 19.2 Å². The van der Waals surface area contributed by atoms with E-state index in [4.69, 9.17) is 0 Å². The monoisotopic (exact) mass is 383 g/mol. The second-order valence-electron chi connectivity index (χ2n) is 7.56. The lowest BCUT2D eigenvalue weighted by molar-refractivity contribution is 0.402. The fourth-order valence-corrected chi connectivity index (χ4v) is 3.92. The van der Waals surface area contributed by atoms with Gasteiger partial charge >= 0.3 is 0 Å². The highest BCUT2D eigenvalue weighted by Gasteiger charge is 2.21. The van der Waals surface area contributed by atoms with Gasteiger partial charge in [-0.1, -0.05) is 42.5 Å². The van der Waals surface area contributed by atoms with Gasteiger partial charge in [0.2, 0.25) is 0 Å². The number of hydrogen-bond donors (Lipinski definition) is 1. The molecule has 1 aliphatic rings. The summed E-state index contributed by atoms with van der Waals surface area (Å²) in [4.78, 5) is 11.5. The van der Waals surface area contributed by atoms with Gasteiger partial charge in [-0.25, -0.2) is 9.97 Å². The third-order valence-electron chi connectivity index (χ3n) is 5.44. The van der Waals surface area contributed by atoms with Gasteiger partial charge in [0.1, 0.15) is 23.5 Å². The van der Waals surface area contributed by atoms with Crippen molar-refractivity contribution < 1.29 is 0 Å². The summed E-state index contributed by atoms with van der Waals surface area (Å²) in [6, 6.07) is 22.4. The van der Waals surface area contributed by atoms with E-state index in [1.54, 1.807) is 6.07 Å². The molecule has 0 bridgehead atoms. The van der Waals surface area contributed by atoms with Gasteiger partial charge in [-0.2, -0.15) is 5.26 Å². The first-order valence-electron chi connectivity index (χ1n) is 10.1. The number of hydrogen-bond acceptors (Lipinski definition) is 5. The minimum atomic E-state index is 0.604. The SMILES string of the molecule is Cc1nc(Nc2ccccc2C#N)cc(N2CCC(Cc3ccccc3)CC2)n1. The van der Waals surface area contributed by atoms with Crippen LogP contribution in [0, 0.1) is 24.2 Å². The molecule has 1 aromatic heterocycles. The van der Waals surface area contributed by atoms with Crippen LogP contribution in [0.15, 0.2) is 60.7 Å². The maximum absolute atomic E-state index is 9.31. The molecular weight excluding hydrogens is 358 g/mol. The Hall–Kier alpha value is -3.39. The molecule has 2 aromatic carbocycles. The normalized spacial score (nSPS) is 14.4. The Balaban J connectivity index is 1.44. The largest absolute Gasteiger partial charge is 0.356 e. The number of benzene rings is 2. The van der Waals surface area contributed by atoms with Crippen LogP contribution in [0.4, 0.5) is 17.3 Å². The fourth-order valence-electron chi connectivity index (χ4n) is 3.92. The molecule has 1 N–H and O–H groups in total. The zero-order valence-electron chi connectivity index (χ0n) is 16.7. The Labute approximate surface area is 172 Å². The molecule has 0 unspecified atom stereocenters. The summed E-state index contributed by atoms with van der Waals surface area (Å²) in [7, 11) is 0. The van der Waals surface area contributed by atoms with Crippen molar-refractivity contribution >= 4 is 17.3 Å². The van der Waals surface area contributed by atoms with Crippen molar-refractivity contribution in [1.29, 1.82) is 5.26 Å². The third kappa shape index (κ3) is 4.72. The van der Waals surface area contributed by atoms with E-state index >= 15 is 0 Å². The van der Waals surface area contributed by atoms with Crippen LogP contribution in [0.2, 0.25) is 0 Å². The molecule has 0 saturated carbocycles. The Morgan fingerprint density at radius 2 is 1.76 bits per heavy atom. The van der Waals surface area contributed by atoms with Crippen molar-refractivity contribution in [2.45, 2.75) is 26.2 Å². The highest BCUT2D eigenvalue weighted by atomic mass is 15.2. The van der Waals surface area contributed by atoms with Gasteiger partial charge in [-0.3, -0.25) is 0 Å². The van der Waals surface area contributed by atoms with E-state index in [0.29, 0.717) is 5.56 Å². The summed E-state index contributed by atoms with van der Waals surface area (Å²) in [5.41, 5.74) is 2.79. The molecule has 1 aliphatic heterocycles. The van der Waals surface area contributed by atoms with Gasteiger partial charge in [0.25, 0.3) is 0 Å². The van der Waals surface area contributed by atoms with Crippen molar-refractivity contribution in [3.8, 4) is 6.07 Å². The first kappa shape index (κ1) is 18.9. The number of rotatable bonds is 5. The van der Waals surface area contributed by atoms with Gasteiger partial charge < -0.3 is 10.2 Å². The quantitative estimate of drug-likeness (QED) is 0.682. The zero-order valence-corrected chi connectivity index (χ0v) is 16.7. The molecule has 1 fully saturated rings. The molecule has 4 rings (SSSR count). The molecule has 0 atom stereocenters. The molecule has 1 saturated heterocycles. The second-order valence-corrected chi connectivity index (χ2v) is 7.56. The van der Waals surface area contributed by atoms with E-state index in [-0.39, 0.29) is 0 Å². The van der Waals surface area contributed by atoms with Crippen LogP contribution in [0.5, 0.6) is 0 Å². The Bertz CT molecular complexity index is 1000. The predicted molar refractivity (Wildman–Crippen MR) is 116 cm³/mol. The molecule has 3 aromatic rings. The van der Waals surface area contributed by atoms with Gasteiger partial charge in [-0.15, -0.1) is 0 Å². The maximum atomic E-state index is 9.31. The summed E-state index contributed by atoms with van der Waals surface area (Å²) < 4.78 is 0. The van der Waals surface area contributed by atoms with Crippen LogP contribution in [0.1, 0.15) is 29.8 Å². The molecule has 0 radical (unpaired) electrons. The van der Waals surface area contributed by atoms with Crippen LogP contribution >= 0.6 is 0 Å². The Morgan fingerprint density at radius 1 is 1.03 bits per heavy atom. The zero-order chi connectivity index (χ0) is 20.1. The van der Waals surface area contributed by atoms with Gasteiger partial charge in [-0.05, 0) is 49.8 Å². The predicted octanol–water partition coefficient (Wildman–Crippen LogP) is 4.86. The lowest BCUT2D eigenvalue weighted by Gasteiger charge is -2.33. The lowest BCUT2D eigenvalue weighted by Crippen LogP contribution is -2.35. The van der Waals surface area contributed by atoms with Crippen LogP contribution in [0.3, 0.4) is 0 Å². The number of nitrogens with zero attached hydrogens (tertiary/aromatic N) is 4. The Kier molecular flexibility index (Phi) is 5.71. The smallest absolute Gasteiger partial charge is 0.136 e. The molecule has 0 aliphatic carbocycles. The minimum Gasteiger partial charge on any atom is -0.356 e. The standard InChI is InChI=1S/C24H25N5/c1-18-26-23(28-22-10-6-5-9-21(22)17-25)16-24(27-18)29-13-11-20(12-14-29)15-19-7-3-2-4-8-19/h2-10,16,20H,11-15H2,1H3,(H,26,27,28). The average molecular weight is 383 g/mol. The summed E-state index contributed by atoms with van der Waals surface area (Å²) in [6.45, 7) is 3.91. The third-order valence-corrected chi connectivity index (χ3v) is 5.44. The fraction of sp³-hybridized carbons (Fsp3) is 0.292. The number of nitrogens with one attached hydrogen (secondary N) is 1. The summed E-state index contributed by atoms with van der Waals surface area (Å²) in [5, 5.41) is 12.6. The number of aromatic nitrogens is 2. The molecule has 2 heterocycles. The topological polar surface area (TPSA) is 64.8 Å².